The molecule has 0 atom stereocenters. The third kappa shape index (κ3) is 4.40. The maximum Gasteiger partial charge on any atom is 0.263 e. The number of amides is 1. The molecule has 1 amide bonds. The van der Waals surface area contributed by atoms with E-state index in [2.05, 4.69) is 15.3 Å². The van der Waals surface area contributed by atoms with Gasteiger partial charge in [-0.15, -0.1) is 0 Å². The minimum atomic E-state index is -1.02. The molecule has 0 saturated heterocycles. The van der Waals surface area contributed by atoms with Crippen LogP contribution in [0.1, 0.15) is 19.4 Å². The zero-order valence-corrected chi connectivity index (χ0v) is 15.3. The molecule has 0 radical (unpaired) electrons. The highest BCUT2D eigenvalue weighted by molar-refractivity contribution is 6.30. The average molecular weight is 371 g/mol. The van der Waals surface area contributed by atoms with Crippen molar-refractivity contribution in [1.82, 2.24) is 19.9 Å². The van der Waals surface area contributed by atoms with E-state index >= 15 is 0 Å². The van der Waals surface area contributed by atoms with Crippen LogP contribution in [0.25, 0.3) is 5.82 Å². The highest BCUT2D eigenvalue weighted by Gasteiger charge is 2.29. The number of carbonyl (C=O) groups excluding carboxylic acids is 1. The Labute approximate surface area is 156 Å². The molecule has 26 heavy (non-hydrogen) atoms. The molecule has 0 aliphatic heterocycles. The average Bonchev–Trinajstić information content (AvgIpc) is 3.16. The molecular formula is C19H19ClN4O2. The summed E-state index contributed by atoms with van der Waals surface area (Å²) in [7, 11) is 0. The molecule has 0 aliphatic rings. The summed E-state index contributed by atoms with van der Waals surface area (Å²) in [4.78, 5) is 20.8. The molecule has 0 saturated carbocycles. The summed E-state index contributed by atoms with van der Waals surface area (Å²) >= 11 is 5.86. The second-order valence-corrected chi connectivity index (χ2v) is 6.68. The molecule has 0 aliphatic carbocycles. The minimum Gasteiger partial charge on any atom is -0.478 e. The van der Waals surface area contributed by atoms with Gasteiger partial charge in [0.05, 0.1) is 0 Å². The van der Waals surface area contributed by atoms with Crippen LogP contribution in [0.2, 0.25) is 5.02 Å². The Bertz CT molecular complexity index is 860. The summed E-state index contributed by atoms with van der Waals surface area (Å²) in [6.07, 6.45) is 6.92. The second-order valence-electron chi connectivity index (χ2n) is 6.24. The van der Waals surface area contributed by atoms with Crippen molar-refractivity contribution < 1.29 is 9.53 Å². The quantitative estimate of drug-likeness (QED) is 0.722. The van der Waals surface area contributed by atoms with E-state index in [1.165, 1.54) is 0 Å². The molecule has 1 N–H and O–H groups in total. The van der Waals surface area contributed by atoms with Crippen molar-refractivity contribution in [3.8, 4) is 11.6 Å². The van der Waals surface area contributed by atoms with Gasteiger partial charge in [0.15, 0.2) is 5.60 Å². The van der Waals surface area contributed by atoms with Gasteiger partial charge in [0, 0.05) is 30.2 Å². The van der Waals surface area contributed by atoms with Crippen molar-refractivity contribution in [2.75, 3.05) is 0 Å². The fraction of sp³-hybridized carbons (Fsp3) is 0.211. The van der Waals surface area contributed by atoms with Crippen molar-refractivity contribution in [2.45, 2.75) is 26.0 Å². The number of hydrogen-bond acceptors (Lipinski definition) is 4. The number of benzene rings is 1. The van der Waals surface area contributed by atoms with Gasteiger partial charge < -0.3 is 10.1 Å². The number of pyridine rings is 1. The lowest BCUT2D eigenvalue weighted by Crippen LogP contribution is -2.46. The first kappa shape index (κ1) is 17.9. The van der Waals surface area contributed by atoms with E-state index in [1.54, 1.807) is 56.8 Å². The van der Waals surface area contributed by atoms with Crippen LogP contribution >= 0.6 is 11.6 Å². The van der Waals surface area contributed by atoms with Crippen LogP contribution in [0, 0.1) is 0 Å². The lowest BCUT2D eigenvalue weighted by Gasteiger charge is -2.25. The predicted molar refractivity (Wildman–Crippen MR) is 99.4 cm³/mol. The standard InChI is InChI=1S/C19H19ClN4O2/c1-19(2,26-16-6-4-15(20)5-7-16)18(25)23-12-14-3-8-17(22-11-14)24-10-9-21-13-24/h3-11,13H,12H2,1-2H3,(H,23,25). The third-order valence-corrected chi connectivity index (χ3v) is 4.02. The van der Waals surface area contributed by atoms with Crippen LogP contribution in [0.5, 0.6) is 5.75 Å². The smallest absolute Gasteiger partial charge is 0.263 e. The van der Waals surface area contributed by atoms with Gasteiger partial charge in [-0.3, -0.25) is 9.36 Å². The zero-order chi connectivity index (χ0) is 18.6. The number of aromatic nitrogens is 3. The summed E-state index contributed by atoms with van der Waals surface area (Å²) in [5.74, 6) is 1.14. The van der Waals surface area contributed by atoms with Crippen LogP contribution in [-0.4, -0.2) is 26.0 Å². The fourth-order valence-electron chi connectivity index (χ4n) is 2.31. The summed E-state index contributed by atoms with van der Waals surface area (Å²) in [5, 5.41) is 3.49. The Morgan fingerprint density at radius 1 is 1.23 bits per heavy atom. The van der Waals surface area contributed by atoms with Gasteiger partial charge in [0.25, 0.3) is 5.91 Å². The number of nitrogens with one attached hydrogen (secondary N) is 1. The number of carbonyl (C=O) groups is 1. The van der Waals surface area contributed by atoms with Gasteiger partial charge in [0.2, 0.25) is 0 Å². The van der Waals surface area contributed by atoms with E-state index in [-0.39, 0.29) is 5.91 Å². The minimum absolute atomic E-state index is 0.217. The predicted octanol–water partition coefficient (Wildman–Crippen LogP) is 3.39. The molecule has 0 fully saturated rings. The number of halogens is 1. The van der Waals surface area contributed by atoms with E-state index in [4.69, 9.17) is 16.3 Å². The van der Waals surface area contributed by atoms with Crippen LogP contribution in [0.3, 0.4) is 0 Å². The fourth-order valence-corrected chi connectivity index (χ4v) is 2.43. The van der Waals surface area contributed by atoms with Crippen molar-refractivity contribution in [3.63, 3.8) is 0 Å². The molecular weight excluding hydrogens is 352 g/mol. The number of hydrogen-bond donors (Lipinski definition) is 1. The van der Waals surface area contributed by atoms with Crippen LogP contribution in [0.15, 0.2) is 61.3 Å². The molecule has 7 heteroatoms. The van der Waals surface area contributed by atoms with Gasteiger partial charge in [-0.2, -0.15) is 0 Å². The monoisotopic (exact) mass is 370 g/mol. The molecule has 0 unspecified atom stereocenters. The van der Waals surface area contributed by atoms with E-state index in [1.807, 2.05) is 22.9 Å². The second kappa shape index (κ2) is 7.58. The van der Waals surface area contributed by atoms with Crippen molar-refractivity contribution >= 4 is 17.5 Å². The van der Waals surface area contributed by atoms with Crippen molar-refractivity contribution in [3.05, 3.63) is 71.9 Å². The van der Waals surface area contributed by atoms with E-state index in [9.17, 15) is 4.79 Å². The molecule has 1 aromatic carbocycles. The van der Waals surface area contributed by atoms with Gasteiger partial charge in [-0.05, 0) is 49.7 Å². The van der Waals surface area contributed by atoms with Crippen molar-refractivity contribution in [1.29, 1.82) is 0 Å². The molecule has 3 aromatic rings. The maximum atomic E-state index is 12.5. The Morgan fingerprint density at radius 2 is 2.00 bits per heavy atom. The van der Waals surface area contributed by atoms with E-state index in [0.29, 0.717) is 17.3 Å². The Hall–Kier alpha value is -2.86. The number of nitrogens with zero attached hydrogens (tertiary/aromatic N) is 3. The van der Waals surface area contributed by atoms with Gasteiger partial charge in [-0.1, -0.05) is 17.7 Å². The lowest BCUT2D eigenvalue weighted by molar-refractivity contribution is -0.134. The van der Waals surface area contributed by atoms with E-state index in [0.717, 1.165) is 11.4 Å². The SMILES string of the molecule is CC(C)(Oc1ccc(Cl)cc1)C(=O)NCc1ccc(-n2ccnc2)nc1. The number of ether oxygens (including phenoxy) is 1. The Balaban J connectivity index is 1.57. The van der Waals surface area contributed by atoms with Crippen LogP contribution in [-0.2, 0) is 11.3 Å². The van der Waals surface area contributed by atoms with Crippen molar-refractivity contribution in [2.24, 2.45) is 0 Å². The van der Waals surface area contributed by atoms with E-state index < -0.39 is 5.60 Å². The first-order chi connectivity index (χ1) is 12.4. The molecule has 3 rings (SSSR count). The van der Waals surface area contributed by atoms with Crippen LogP contribution in [0.4, 0.5) is 0 Å². The third-order valence-electron chi connectivity index (χ3n) is 3.76. The van der Waals surface area contributed by atoms with Gasteiger partial charge in [-0.25, -0.2) is 9.97 Å². The largest absolute Gasteiger partial charge is 0.478 e. The lowest BCUT2D eigenvalue weighted by atomic mass is 10.1. The summed E-state index contributed by atoms with van der Waals surface area (Å²) < 4.78 is 7.59. The first-order valence-corrected chi connectivity index (χ1v) is 8.48. The highest BCUT2D eigenvalue weighted by atomic mass is 35.5. The highest BCUT2D eigenvalue weighted by Crippen LogP contribution is 2.21. The topological polar surface area (TPSA) is 69.0 Å². The molecule has 2 aromatic heterocycles. The summed E-state index contributed by atoms with van der Waals surface area (Å²) in [5.41, 5.74) is -0.123. The molecule has 0 spiro atoms. The zero-order valence-electron chi connectivity index (χ0n) is 14.5. The first-order valence-electron chi connectivity index (χ1n) is 8.10. The Kier molecular flexibility index (Phi) is 5.23. The molecule has 6 nitrogen and oxygen atoms in total. The van der Waals surface area contributed by atoms with Gasteiger partial charge in [0.1, 0.15) is 17.9 Å². The van der Waals surface area contributed by atoms with Crippen LogP contribution < -0.4 is 10.1 Å². The molecule has 134 valence electrons. The Morgan fingerprint density at radius 3 is 2.62 bits per heavy atom. The van der Waals surface area contributed by atoms with Gasteiger partial charge >= 0.3 is 0 Å². The molecule has 0 bridgehead atoms. The summed E-state index contributed by atoms with van der Waals surface area (Å²) in [6, 6.07) is 10.7. The normalized spacial score (nSPS) is 11.2. The number of rotatable bonds is 6. The number of imidazole rings is 1. The summed E-state index contributed by atoms with van der Waals surface area (Å²) in [6.45, 7) is 3.80. The molecule has 2 heterocycles. The maximum absolute atomic E-state index is 12.5.